The van der Waals surface area contributed by atoms with E-state index in [2.05, 4.69) is 27.9 Å². The summed E-state index contributed by atoms with van der Waals surface area (Å²) < 4.78 is 101. The number of rotatable bonds is 25. The zero-order valence-electron chi connectivity index (χ0n) is 41.6. The van der Waals surface area contributed by atoms with Crippen molar-refractivity contribution in [2.24, 2.45) is 0 Å². The molecule has 5 rings (SSSR count). The van der Waals surface area contributed by atoms with Crippen LogP contribution in [0, 0.1) is 0 Å². The highest BCUT2D eigenvalue weighted by atomic mass is 32.2. The smallest absolute Gasteiger partial charge is 0.266 e. The molecule has 2 aromatic rings. The van der Waals surface area contributed by atoms with Gasteiger partial charge in [-0.15, -0.1) is 0 Å². The number of amides is 3. The maximum Gasteiger partial charge on any atom is 0.266 e. The minimum atomic E-state index is -4.43. The molecule has 2 aromatic carbocycles. The van der Waals surface area contributed by atoms with E-state index in [-0.39, 0.29) is 61.3 Å². The molecule has 0 aliphatic carbocycles. The second-order valence-corrected chi connectivity index (χ2v) is 24.4. The van der Waals surface area contributed by atoms with Gasteiger partial charge in [0.1, 0.15) is 6.54 Å². The Morgan fingerprint density at radius 3 is 2.03 bits per heavy atom. The molecule has 22 heteroatoms. The van der Waals surface area contributed by atoms with Crippen molar-refractivity contribution in [3.8, 4) is 0 Å². The van der Waals surface area contributed by atoms with E-state index in [1.807, 2.05) is 50.5 Å². The number of fused-ring (bicyclic) bond motifs is 2. The summed E-state index contributed by atoms with van der Waals surface area (Å²) in [5, 5.41) is 8.38. The Hall–Kier alpha value is -4.84. The number of nitrogens with zero attached hydrogens (tertiary/aromatic N) is 3. The highest BCUT2D eigenvalue weighted by molar-refractivity contribution is 7.86. The number of piperidine rings is 1. The van der Waals surface area contributed by atoms with Gasteiger partial charge in [-0.3, -0.25) is 32.8 Å². The van der Waals surface area contributed by atoms with Crippen molar-refractivity contribution in [3.63, 3.8) is 0 Å². The van der Waals surface area contributed by atoms with E-state index in [0.29, 0.717) is 41.8 Å². The zero-order valence-corrected chi connectivity index (χ0v) is 44.1. The molecule has 0 atom stereocenters. The largest absolute Gasteiger partial charge is 0.353 e. The molecule has 0 saturated carbocycles. The van der Waals surface area contributed by atoms with Gasteiger partial charge >= 0.3 is 0 Å². The summed E-state index contributed by atoms with van der Waals surface area (Å²) >= 11 is 0. The fourth-order valence-electron chi connectivity index (χ4n) is 9.74. The Bertz CT molecular complexity index is 2780. The van der Waals surface area contributed by atoms with Gasteiger partial charge in [0.05, 0.1) is 22.7 Å². The molecule has 6 N–H and O–H groups in total. The van der Waals surface area contributed by atoms with Crippen molar-refractivity contribution < 1.29 is 62.7 Å². The fourth-order valence-corrected chi connectivity index (χ4v) is 11.1. The molecule has 1 fully saturated rings. The lowest BCUT2D eigenvalue weighted by atomic mass is 9.79. The summed E-state index contributed by atoms with van der Waals surface area (Å²) in [5.74, 6) is -3.04. The minimum Gasteiger partial charge on any atom is -0.353 e. The van der Waals surface area contributed by atoms with Crippen LogP contribution in [0.25, 0.3) is 0 Å². The zero-order chi connectivity index (χ0) is 52.5. The summed E-state index contributed by atoms with van der Waals surface area (Å²) in [6.45, 7) is 11.3. The van der Waals surface area contributed by atoms with Crippen molar-refractivity contribution in [2.75, 3.05) is 68.5 Å². The van der Waals surface area contributed by atoms with Crippen LogP contribution in [-0.2, 0) is 46.0 Å². The van der Waals surface area contributed by atoms with E-state index < -0.39 is 76.8 Å². The molecule has 3 heterocycles. The summed E-state index contributed by atoms with van der Waals surface area (Å²) in [6, 6.07) is 8.64. The molecule has 0 unspecified atom stereocenters. The molecule has 71 heavy (non-hydrogen) atoms. The third-order valence-electron chi connectivity index (χ3n) is 13.4. The highest BCUT2D eigenvalue weighted by Gasteiger charge is 2.46. The van der Waals surface area contributed by atoms with Crippen LogP contribution in [0.2, 0.25) is 0 Å². The minimum absolute atomic E-state index is 0.0144. The molecule has 3 amide bonds. The van der Waals surface area contributed by atoms with Gasteiger partial charge < -0.3 is 25.8 Å². The molecule has 0 aromatic heterocycles. The van der Waals surface area contributed by atoms with E-state index in [1.54, 1.807) is 36.1 Å². The molecule has 3 aliphatic rings. The van der Waals surface area contributed by atoms with Gasteiger partial charge in [-0.1, -0.05) is 32.8 Å². The first-order valence-corrected chi connectivity index (χ1v) is 29.0. The number of ketones is 1. The number of carbonyl (C=O) groups is 4. The van der Waals surface area contributed by atoms with E-state index in [1.165, 1.54) is 6.07 Å². The Morgan fingerprint density at radius 2 is 1.39 bits per heavy atom. The molecule has 3 aliphatic heterocycles. The fraction of sp³-hybridized carbons (Fsp3) is 0.571. The summed E-state index contributed by atoms with van der Waals surface area (Å²) in [4.78, 5) is 57.3. The summed E-state index contributed by atoms with van der Waals surface area (Å²) in [5.41, 5.74) is 2.58. The normalized spacial score (nSPS) is 17.7. The number of unbranched alkanes of at least 4 members (excludes halogenated alkanes) is 3. The van der Waals surface area contributed by atoms with E-state index in [9.17, 15) is 58.1 Å². The van der Waals surface area contributed by atoms with Crippen molar-refractivity contribution in [1.82, 2.24) is 20.9 Å². The van der Waals surface area contributed by atoms with Gasteiger partial charge in [-0.05, 0) is 103 Å². The number of hydrogen-bond acceptors (Lipinski definition) is 12. The van der Waals surface area contributed by atoms with Gasteiger partial charge in [0.15, 0.2) is 11.5 Å². The molecule has 0 radical (unpaired) electrons. The van der Waals surface area contributed by atoms with Gasteiger partial charge in [0, 0.05) is 102 Å². The predicted octanol–water partition coefficient (Wildman–Crippen LogP) is 4.96. The quantitative estimate of drug-likeness (QED) is 0.0332. The van der Waals surface area contributed by atoms with Crippen LogP contribution in [0.1, 0.15) is 141 Å². The molecule has 392 valence electrons. The van der Waals surface area contributed by atoms with Gasteiger partial charge in [0.2, 0.25) is 11.6 Å². The Morgan fingerprint density at radius 1 is 0.761 bits per heavy atom. The molecular weight excluding hydrogens is 977 g/mol. The number of anilines is 1. The first-order chi connectivity index (χ1) is 33.1. The molecule has 0 bridgehead atoms. The predicted molar refractivity (Wildman–Crippen MR) is 273 cm³/mol. The standard InChI is InChI=1S/C49H70N6O13S3/c1-7-50-46(58)35-31-37(47(59)51-23-30-71(66,67)68)45-40(33-35)55(25-14-29-70(63,64)65)43(49(45,4)5)17-12-16-42-48(2,3)38-32-34(19-20-39(38)54(42)24-13-28-69(60,61)62)41(56)15-10-8-9-11-18-44(57)52-36-21-26-53(6)27-22-36/h12,16-17,19-20,31-33,36H,7-11,13-15,18,21-30H2,1-6H3,(H5-,50,51,52,57,58,59,60,61,62,63,64,65,66,67,68)/p+1. The summed E-state index contributed by atoms with van der Waals surface area (Å²) in [6.07, 6.45) is 11.1. The number of likely N-dealkylation sites (tertiary alicyclic amines) is 1. The van der Waals surface area contributed by atoms with Gasteiger partial charge in [-0.2, -0.15) is 29.8 Å². The van der Waals surface area contributed by atoms with Crippen LogP contribution in [0.3, 0.4) is 0 Å². The van der Waals surface area contributed by atoms with Gasteiger partial charge in [0.25, 0.3) is 42.2 Å². The first-order valence-electron chi connectivity index (χ1n) is 24.2. The number of benzene rings is 2. The summed E-state index contributed by atoms with van der Waals surface area (Å²) in [7, 11) is -11.0. The van der Waals surface area contributed by atoms with Crippen molar-refractivity contribution >= 4 is 70.9 Å². The maximum atomic E-state index is 13.9. The molecule has 0 spiro atoms. The van der Waals surface area contributed by atoms with Crippen molar-refractivity contribution in [1.29, 1.82) is 0 Å². The number of carbonyl (C=O) groups excluding carboxylic acids is 4. The van der Waals surface area contributed by atoms with Gasteiger partial charge in [-0.25, -0.2) is 0 Å². The molecule has 19 nitrogen and oxygen atoms in total. The van der Waals surface area contributed by atoms with E-state index >= 15 is 0 Å². The Labute approximate surface area is 418 Å². The maximum absolute atomic E-state index is 13.9. The van der Waals surface area contributed by atoms with Crippen LogP contribution in [0.4, 0.5) is 11.4 Å². The van der Waals surface area contributed by atoms with E-state index in [4.69, 9.17) is 0 Å². The third kappa shape index (κ3) is 15.6. The van der Waals surface area contributed by atoms with Crippen molar-refractivity contribution in [3.05, 3.63) is 82.1 Å². The topological polar surface area (TPSA) is 277 Å². The average molecular weight is 1050 g/mol. The van der Waals surface area contributed by atoms with Crippen LogP contribution < -0.4 is 20.9 Å². The second kappa shape index (κ2) is 23.8. The molecular formula is C49H71N6O13S3+. The van der Waals surface area contributed by atoms with Crippen LogP contribution >= 0.6 is 0 Å². The first kappa shape index (κ1) is 57.1. The number of nitrogens with one attached hydrogen (secondary N) is 3. The number of Topliss-reactive ketones (excluding diaryl/α,β-unsaturated/α-hetero) is 1. The van der Waals surface area contributed by atoms with Crippen LogP contribution in [0.15, 0.2) is 54.3 Å². The number of hydrogen-bond donors (Lipinski definition) is 6. The Kier molecular flexibility index (Phi) is 19.1. The molecule has 1 saturated heterocycles. The highest BCUT2D eigenvalue weighted by Crippen LogP contribution is 2.50. The lowest BCUT2D eigenvalue weighted by Gasteiger charge is -2.29. The third-order valence-corrected chi connectivity index (χ3v) is 15.7. The SMILES string of the molecule is CCNC(=O)c1cc(C(=O)NCCS(=O)(=O)O)c2c(c1)N(CCCS(=O)(=O)O)C(=CC=CC1=[N+](CCCS(=O)(=O)O)c3ccc(C(=O)CCCCCCC(=O)NC4CCN(C)CC4)cc3C1(C)C)C2(C)C. The van der Waals surface area contributed by atoms with Crippen molar-refractivity contribution in [2.45, 2.75) is 116 Å². The lowest BCUT2D eigenvalue weighted by molar-refractivity contribution is -0.437. The van der Waals surface area contributed by atoms with Crippen LogP contribution in [-0.4, -0.2) is 147 Å². The van der Waals surface area contributed by atoms with Crippen LogP contribution in [0.5, 0.6) is 0 Å². The number of allylic oxidation sites excluding steroid dienone is 4. The Balaban J connectivity index is 1.44. The lowest BCUT2D eigenvalue weighted by Crippen LogP contribution is -2.43. The van der Waals surface area contributed by atoms with E-state index in [0.717, 1.165) is 62.2 Å². The average Bonchev–Trinajstić information content (AvgIpc) is 3.61. The monoisotopic (exact) mass is 1050 g/mol. The second-order valence-electron chi connectivity index (χ2n) is 19.7.